The molecular formula is C15H9Cl3O3. The quantitative estimate of drug-likeness (QED) is 0.745. The number of rotatable bonds is 2. The number of benzene rings is 2. The van der Waals surface area contributed by atoms with Crippen molar-refractivity contribution < 1.29 is 14.3 Å². The predicted molar refractivity (Wildman–Crippen MR) is 82.3 cm³/mol. The molecule has 0 amide bonds. The van der Waals surface area contributed by atoms with Crippen LogP contribution >= 0.6 is 34.8 Å². The Bertz CT molecular complexity index is 728. The largest absolute Gasteiger partial charge is 0.486 e. The highest BCUT2D eigenvalue weighted by atomic mass is 35.5. The minimum absolute atomic E-state index is 0.276. The molecule has 2 aromatic carbocycles. The number of ketones is 1. The molecule has 0 atom stereocenters. The van der Waals surface area contributed by atoms with Crippen LogP contribution in [0, 0.1) is 0 Å². The Morgan fingerprint density at radius 2 is 1.48 bits per heavy atom. The summed E-state index contributed by atoms with van der Waals surface area (Å²) >= 11 is 18.1. The fourth-order valence-electron chi connectivity index (χ4n) is 2.06. The molecule has 0 unspecified atom stereocenters. The van der Waals surface area contributed by atoms with E-state index in [0.29, 0.717) is 40.9 Å². The van der Waals surface area contributed by atoms with Gasteiger partial charge in [-0.05, 0) is 24.3 Å². The number of hydrogen-bond acceptors (Lipinski definition) is 3. The third-order valence-corrected chi connectivity index (χ3v) is 3.91. The molecule has 0 spiro atoms. The first-order valence-corrected chi connectivity index (χ1v) is 7.28. The van der Waals surface area contributed by atoms with Crippen LogP contribution in [0.2, 0.25) is 15.1 Å². The molecule has 108 valence electrons. The van der Waals surface area contributed by atoms with Gasteiger partial charge < -0.3 is 9.47 Å². The Morgan fingerprint density at radius 3 is 2.14 bits per heavy atom. The molecule has 0 bridgehead atoms. The SMILES string of the molecule is O=C(c1ccc(Cl)cc1Cl)c1cc2c(cc1Cl)OCCO2. The van der Waals surface area contributed by atoms with Crippen molar-refractivity contribution in [2.75, 3.05) is 13.2 Å². The Balaban J connectivity index is 2.05. The molecule has 2 aromatic rings. The number of hydrogen-bond donors (Lipinski definition) is 0. The Kier molecular flexibility index (Phi) is 3.98. The van der Waals surface area contributed by atoms with Crippen LogP contribution in [0.4, 0.5) is 0 Å². The summed E-state index contributed by atoms with van der Waals surface area (Å²) in [6, 6.07) is 7.84. The number of fused-ring (bicyclic) bond motifs is 1. The van der Waals surface area contributed by atoms with Crippen molar-refractivity contribution in [1.82, 2.24) is 0 Å². The summed E-state index contributed by atoms with van der Waals surface area (Å²) in [6.45, 7) is 0.892. The van der Waals surface area contributed by atoms with E-state index >= 15 is 0 Å². The fraction of sp³-hybridized carbons (Fsp3) is 0.133. The summed E-state index contributed by atoms with van der Waals surface area (Å²) in [7, 11) is 0. The van der Waals surface area contributed by atoms with E-state index in [9.17, 15) is 4.79 Å². The molecule has 21 heavy (non-hydrogen) atoms. The van der Waals surface area contributed by atoms with Crippen molar-refractivity contribution >= 4 is 40.6 Å². The number of carbonyl (C=O) groups is 1. The van der Waals surface area contributed by atoms with E-state index in [1.54, 1.807) is 24.3 Å². The van der Waals surface area contributed by atoms with Crippen LogP contribution in [0.1, 0.15) is 15.9 Å². The molecule has 0 fully saturated rings. The normalized spacial score (nSPS) is 13.1. The minimum Gasteiger partial charge on any atom is -0.486 e. The standard InChI is InChI=1S/C15H9Cl3O3/c16-8-1-2-9(11(17)5-8)15(19)10-6-13-14(7-12(10)18)21-4-3-20-13/h1-2,5-7H,3-4H2. The van der Waals surface area contributed by atoms with Crippen molar-refractivity contribution in [3.8, 4) is 11.5 Å². The third-order valence-electron chi connectivity index (χ3n) is 3.05. The van der Waals surface area contributed by atoms with Crippen molar-refractivity contribution in [2.45, 2.75) is 0 Å². The lowest BCUT2D eigenvalue weighted by Gasteiger charge is -2.19. The summed E-state index contributed by atoms with van der Waals surface area (Å²) in [6.07, 6.45) is 0. The zero-order valence-corrected chi connectivity index (χ0v) is 12.9. The van der Waals surface area contributed by atoms with Crippen molar-refractivity contribution in [3.63, 3.8) is 0 Å². The molecule has 0 radical (unpaired) electrons. The summed E-state index contributed by atoms with van der Waals surface area (Å²) in [4.78, 5) is 12.6. The summed E-state index contributed by atoms with van der Waals surface area (Å²) < 4.78 is 10.9. The van der Waals surface area contributed by atoms with Gasteiger partial charge in [-0.25, -0.2) is 0 Å². The zero-order chi connectivity index (χ0) is 15.0. The van der Waals surface area contributed by atoms with Crippen LogP contribution in [-0.2, 0) is 0 Å². The van der Waals surface area contributed by atoms with E-state index in [1.165, 1.54) is 6.07 Å². The van der Waals surface area contributed by atoms with E-state index in [0.717, 1.165) is 0 Å². The minimum atomic E-state index is -0.293. The van der Waals surface area contributed by atoms with Crippen molar-refractivity contribution in [3.05, 3.63) is 56.5 Å². The lowest BCUT2D eigenvalue weighted by Crippen LogP contribution is -2.16. The van der Waals surface area contributed by atoms with Crippen LogP contribution in [0.25, 0.3) is 0 Å². The van der Waals surface area contributed by atoms with Gasteiger partial charge in [0.25, 0.3) is 0 Å². The first-order chi connectivity index (χ1) is 10.1. The maximum atomic E-state index is 12.6. The third kappa shape index (κ3) is 2.82. The summed E-state index contributed by atoms with van der Waals surface area (Å²) in [5, 5.41) is 1.03. The van der Waals surface area contributed by atoms with Gasteiger partial charge in [0.15, 0.2) is 17.3 Å². The molecule has 1 aliphatic rings. The van der Waals surface area contributed by atoms with Gasteiger partial charge in [-0.15, -0.1) is 0 Å². The molecule has 0 aliphatic carbocycles. The fourth-order valence-corrected chi connectivity index (χ4v) is 2.79. The predicted octanol–water partition coefficient (Wildman–Crippen LogP) is 4.65. The lowest BCUT2D eigenvalue weighted by atomic mass is 10.0. The smallest absolute Gasteiger partial charge is 0.196 e. The number of carbonyl (C=O) groups excluding carboxylic acids is 1. The average Bonchev–Trinajstić information content (AvgIpc) is 2.46. The van der Waals surface area contributed by atoms with E-state index in [2.05, 4.69) is 0 Å². The average molecular weight is 344 g/mol. The monoisotopic (exact) mass is 342 g/mol. The second-order valence-corrected chi connectivity index (χ2v) is 5.68. The highest BCUT2D eigenvalue weighted by Gasteiger charge is 2.21. The summed E-state index contributed by atoms with van der Waals surface area (Å²) in [5.74, 6) is 0.739. The zero-order valence-electron chi connectivity index (χ0n) is 10.7. The van der Waals surface area contributed by atoms with Gasteiger partial charge in [0.05, 0.1) is 10.0 Å². The Hall–Kier alpha value is -1.42. The van der Waals surface area contributed by atoms with Crippen LogP contribution in [0.5, 0.6) is 11.5 Å². The van der Waals surface area contributed by atoms with Gasteiger partial charge in [0.2, 0.25) is 0 Å². The molecule has 6 heteroatoms. The molecule has 0 aromatic heterocycles. The second-order valence-electron chi connectivity index (χ2n) is 4.43. The molecule has 1 aliphatic heterocycles. The Morgan fingerprint density at radius 1 is 0.857 bits per heavy atom. The first kappa shape index (κ1) is 14.5. The van der Waals surface area contributed by atoms with Gasteiger partial charge >= 0.3 is 0 Å². The molecule has 1 heterocycles. The maximum absolute atomic E-state index is 12.6. The van der Waals surface area contributed by atoms with Crippen molar-refractivity contribution in [1.29, 1.82) is 0 Å². The van der Waals surface area contributed by atoms with E-state index in [1.807, 2.05) is 0 Å². The second kappa shape index (κ2) is 5.76. The van der Waals surface area contributed by atoms with Gasteiger partial charge in [0.1, 0.15) is 13.2 Å². The highest BCUT2D eigenvalue weighted by Crippen LogP contribution is 2.37. The van der Waals surface area contributed by atoms with E-state index in [-0.39, 0.29) is 15.8 Å². The topological polar surface area (TPSA) is 35.5 Å². The van der Waals surface area contributed by atoms with Crippen LogP contribution in [0.15, 0.2) is 30.3 Å². The lowest BCUT2D eigenvalue weighted by molar-refractivity contribution is 0.103. The van der Waals surface area contributed by atoms with Gasteiger partial charge in [0, 0.05) is 22.2 Å². The molecule has 3 nitrogen and oxygen atoms in total. The number of ether oxygens (including phenoxy) is 2. The van der Waals surface area contributed by atoms with Gasteiger partial charge in [-0.1, -0.05) is 34.8 Å². The van der Waals surface area contributed by atoms with Crippen molar-refractivity contribution in [2.24, 2.45) is 0 Å². The van der Waals surface area contributed by atoms with Crippen LogP contribution < -0.4 is 9.47 Å². The van der Waals surface area contributed by atoms with E-state index in [4.69, 9.17) is 44.3 Å². The maximum Gasteiger partial charge on any atom is 0.196 e. The number of halogens is 3. The molecule has 0 saturated heterocycles. The van der Waals surface area contributed by atoms with Gasteiger partial charge in [-0.2, -0.15) is 0 Å². The Labute approximate surface area is 136 Å². The molecule has 0 saturated carbocycles. The van der Waals surface area contributed by atoms with E-state index < -0.39 is 0 Å². The first-order valence-electron chi connectivity index (χ1n) is 6.15. The summed E-state index contributed by atoms with van der Waals surface area (Å²) in [5.41, 5.74) is 0.643. The van der Waals surface area contributed by atoms with Crippen LogP contribution in [-0.4, -0.2) is 19.0 Å². The molecule has 0 N–H and O–H groups in total. The molecular weight excluding hydrogens is 335 g/mol. The van der Waals surface area contributed by atoms with Crippen LogP contribution in [0.3, 0.4) is 0 Å². The van der Waals surface area contributed by atoms with Gasteiger partial charge in [-0.3, -0.25) is 4.79 Å². The molecule has 3 rings (SSSR count). The highest BCUT2D eigenvalue weighted by molar-refractivity contribution is 6.39.